The molecule has 1 aliphatic rings. The van der Waals surface area contributed by atoms with Crippen LogP contribution >= 0.6 is 15.9 Å². The highest BCUT2D eigenvalue weighted by Crippen LogP contribution is 2.16. The molecule has 6 heteroatoms. The topological polar surface area (TPSA) is 63.2 Å². The zero-order valence-corrected chi connectivity index (χ0v) is 11.1. The number of amides is 1. The summed E-state index contributed by atoms with van der Waals surface area (Å²) in [6, 6.07) is 1.61. The number of rotatable bonds is 2. The van der Waals surface area contributed by atoms with Crippen LogP contribution < -0.4 is 10.6 Å². The first kappa shape index (κ1) is 12.5. The molecule has 1 unspecified atom stereocenters. The Hall–Kier alpha value is -0.980. The van der Waals surface area contributed by atoms with Gasteiger partial charge in [-0.2, -0.15) is 0 Å². The van der Waals surface area contributed by atoms with Crippen molar-refractivity contribution >= 4 is 27.7 Å². The van der Waals surface area contributed by atoms with Crippen molar-refractivity contribution < 1.29 is 9.53 Å². The Labute approximate surface area is 108 Å². The molecule has 1 aromatic heterocycles. The van der Waals surface area contributed by atoms with Gasteiger partial charge in [-0.05, 0) is 34.5 Å². The van der Waals surface area contributed by atoms with Crippen LogP contribution in [0.5, 0.6) is 0 Å². The summed E-state index contributed by atoms with van der Waals surface area (Å²) in [5.74, 6) is 0.480. The van der Waals surface area contributed by atoms with Crippen LogP contribution in [0.3, 0.4) is 0 Å². The minimum Gasteiger partial charge on any atom is -0.378 e. The first-order chi connectivity index (χ1) is 8.16. The van der Waals surface area contributed by atoms with Crippen LogP contribution in [-0.4, -0.2) is 36.7 Å². The molecular formula is C11H14BrN3O2. The molecular weight excluding hydrogens is 286 g/mol. The van der Waals surface area contributed by atoms with E-state index in [-0.39, 0.29) is 11.9 Å². The number of aryl methyl sites for hydroxylation is 1. The Bertz CT molecular complexity index is 419. The summed E-state index contributed by atoms with van der Waals surface area (Å²) >= 11 is 3.33. The summed E-state index contributed by atoms with van der Waals surface area (Å²) in [6.45, 7) is 3.66. The standard InChI is InChI=1S/C11H14BrN3O2/c1-7-4-8(12)5-14-10(7)15-11(16)9-6-17-3-2-13-9/h4-5,9,13H,2-3,6H2,1H3,(H,14,15,16). The van der Waals surface area contributed by atoms with E-state index in [9.17, 15) is 4.79 Å². The van der Waals surface area contributed by atoms with Gasteiger partial charge in [0.05, 0.1) is 13.2 Å². The predicted molar refractivity (Wildman–Crippen MR) is 67.9 cm³/mol. The van der Waals surface area contributed by atoms with Crippen molar-refractivity contribution in [1.29, 1.82) is 0 Å². The summed E-state index contributed by atoms with van der Waals surface area (Å²) in [7, 11) is 0. The van der Waals surface area contributed by atoms with Gasteiger partial charge in [0.15, 0.2) is 0 Å². The molecule has 0 bridgehead atoms. The summed E-state index contributed by atoms with van der Waals surface area (Å²) < 4.78 is 6.13. The Kier molecular flexibility index (Phi) is 4.09. The largest absolute Gasteiger partial charge is 0.378 e. The fraction of sp³-hybridized carbons (Fsp3) is 0.455. The van der Waals surface area contributed by atoms with Gasteiger partial charge in [-0.15, -0.1) is 0 Å². The third-order valence-electron chi connectivity index (χ3n) is 2.52. The SMILES string of the molecule is Cc1cc(Br)cnc1NC(=O)C1COCCN1. The zero-order chi connectivity index (χ0) is 12.3. The quantitative estimate of drug-likeness (QED) is 0.858. The lowest BCUT2D eigenvalue weighted by atomic mass is 10.2. The highest BCUT2D eigenvalue weighted by atomic mass is 79.9. The fourth-order valence-electron chi connectivity index (χ4n) is 1.61. The Morgan fingerprint density at radius 2 is 2.53 bits per heavy atom. The maximum atomic E-state index is 11.9. The summed E-state index contributed by atoms with van der Waals surface area (Å²) in [6.07, 6.45) is 1.66. The molecule has 1 amide bonds. The number of halogens is 1. The van der Waals surface area contributed by atoms with Crippen molar-refractivity contribution in [2.45, 2.75) is 13.0 Å². The lowest BCUT2D eigenvalue weighted by molar-refractivity contribution is -0.120. The minimum absolute atomic E-state index is 0.109. The highest BCUT2D eigenvalue weighted by Gasteiger charge is 2.21. The highest BCUT2D eigenvalue weighted by molar-refractivity contribution is 9.10. The lowest BCUT2D eigenvalue weighted by Gasteiger charge is -2.22. The van der Waals surface area contributed by atoms with E-state index in [0.29, 0.717) is 25.6 Å². The first-order valence-corrected chi connectivity index (χ1v) is 6.20. The molecule has 5 nitrogen and oxygen atoms in total. The van der Waals surface area contributed by atoms with Gasteiger partial charge in [0.25, 0.3) is 0 Å². The average molecular weight is 300 g/mol. The van der Waals surface area contributed by atoms with Crippen molar-refractivity contribution in [2.75, 3.05) is 25.1 Å². The summed E-state index contributed by atoms with van der Waals surface area (Å²) in [4.78, 5) is 16.1. The minimum atomic E-state index is -0.298. The third-order valence-corrected chi connectivity index (χ3v) is 2.96. The van der Waals surface area contributed by atoms with Gasteiger partial charge in [-0.25, -0.2) is 4.98 Å². The number of nitrogens with one attached hydrogen (secondary N) is 2. The van der Waals surface area contributed by atoms with Crippen molar-refractivity contribution in [2.24, 2.45) is 0 Å². The zero-order valence-electron chi connectivity index (χ0n) is 9.50. The number of morpholine rings is 1. The van der Waals surface area contributed by atoms with Gasteiger partial charge < -0.3 is 15.4 Å². The molecule has 1 atom stereocenters. The van der Waals surface area contributed by atoms with Gasteiger partial charge in [0.1, 0.15) is 11.9 Å². The van der Waals surface area contributed by atoms with E-state index in [4.69, 9.17) is 4.74 Å². The van der Waals surface area contributed by atoms with E-state index in [1.54, 1.807) is 6.20 Å². The van der Waals surface area contributed by atoms with E-state index in [0.717, 1.165) is 10.0 Å². The van der Waals surface area contributed by atoms with Crippen LogP contribution in [0.1, 0.15) is 5.56 Å². The number of ether oxygens (including phenoxy) is 1. The Balaban J connectivity index is 2.02. The fourth-order valence-corrected chi connectivity index (χ4v) is 2.05. The molecule has 2 N–H and O–H groups in total. The second kappa shape index (κ2) is 5.57. The molecule has 2 heterocycles. The molecule has 1 aliphatic heterocycles. The maximum Gasteiger partial charge on any atom is 0.245 e. The molecule has 1 fully saturated rings. The number of anilines is 1. The molecule has 1 saturated heterocycles. The third kappa shape index (κ3) is 3.24. The second-order valence-corrected chi connectivity index (χ2v) is 4.81. The number of carbonyl (C=O) groups is 1. The van der Waals surface area contributed by atoms with Crippen LogP contribution in [0.15, 0.2) is 16.7 Å². The molecule has 0 aromatic carbocycles. The van der Waals surface area contributed by atoms with Crippen LogP contribution in [-0.2, 0) is 9.53 Å². The number of hydrogen-bond acceptors (Lipinski definition) is 4. The molecule has 17 heavy (non-hydrogen) atoms. The predicted octanol–water partition coefficient (Wildman–Crippen LogP) is 1.08. The summed E-state index contributed by atoms with van der Waals surface area (Å²) in [5.41, 5.74) is 0.921. The van der Waals surface area contributed by atoms with Gasteiger partial charge in [-0.3, -0.25) is 4.79 Å². The Morgan fingerprint density at radius 1 is 1.71 bits per heavy atom. The number of hydrogen-bond donors (Lipinski definition) is 2. The molecule has 0 saturated carbocycles. The maximum absolute atomic E-state index is 11.9. The molecule has 2 rings (SSSR count). The molecule has 0 radical (unpaired) electrons. The average Bonchev–Trinajstić information content (AvgIpc) is 2.34. The van der Waals surface area contributed by atoms with E-state index >= 15 is 0 Å². The van der Waals surface area contributed by atoms with Crippen LogP contribution in [0, 0.1) is 6.92 Å². The molecule has 0 aliphatic carbocycles. The van der Waals surface area contributed by atoms with Gasteiger partial charge in [-0.1, -0.05) is 0 Å². The summed E-state index contributed by atoms with van der Waals surface area (Å²) in [5, 5.41) is 5.89. The van der Waals surface area contributed by atoms with Crippen LogP contribution in [0.4, 0.5) is 5.82 Å². The van der Waals surface area contributed by atoms with Crippen molar-refractivity contribution in [3.63, 3.8) is 0 Å². The van der Waals surface area contributed by atoms with Gasteiger partial charge >= 0.3 is 0 Å². The second-order valence-electron chi connectivity index (χ2n) is 3.89. The van der Waals surface area contributed by atoms with Gasteiger partial charge in [0.2, 0.25) is 5.91 Å². The van der Waals surface area contributed by atoms with Crippen LogP contribution in [0.25, 0.3) is 0 Å². The van der Waals surface area contributed by atoms with Crippen LogP contribution in [0.2, 0.25) is 0 Å². The smallest absolute Gasteiger partial charge is 0.245 e. The number of carbonyl (C=O) groups excluding carboxylic acids is 1. The molecule has 1 aromatic rings. The van der Waals surface area contributed by atoms with E-state index < -0.39 is 0 Å². The van der Waals surface area contributed by atoms with E-state index in [2.05, 4.69) is 31.5 Å². The van der Waals surface area contributed by atoms with Crippen molar-refractivity contribution in [1.82, 2.24) is 10.3 Å². The first-order valence-electron chi connectivity index (χ1n) is 5.41. The molecule has 0 spiro atoms. The molecule has 92 valence electrons. The monoisotopic (exact) mass is 299 g/mol. The van der Waals surface area contributed by atoms with E-state index in [1.165, 1.54) is 0 Å². The van der Waals surface area contributed by atoms with Gasteiger partial charge in [0, 0.05) is 17.2 Å². The van der Waals surface area contributed by atoms with Crippen molar-refractivity contribution in [3.8, 4) is 0 Å². The van der Waals surface area contributed by atoms with E-state index in [1.807, 2.05) is 13.0 Å². The Morgan fingerprint density at radius 3 is 3.18 bits per heavy atom. The lowest BCUT2D eigenvalue weighted by Crippen LogP contribution is -2.49. The number of pyridine rings is 1. The number of nitrogens with zero attached hydrogens (tertiary/aromatic N) is 1. The van der Waals surface area contributed by atoms with Crippen molar-refractivity contribution in [3.05, 3.63) is 22.3 Å². The number of aromatic nitrogens is 1. The normalized spacial score (nSPS) is 20.0.